The Labute approximate surface area is 79.2 Å². The van der Waals surface area contributed by atoms with Crippen molar-refractivity contribution < 1.29 is 9.84 Å². The average molecular weight is 179 g/mol. The molecule has 0 saturated carbocycles. The molecule has 0 fully saturated rings. The molecular weight excluding hydrogens is 165 g/mol. The molecule has 0 amide bonds. The van der Waals surface area contributed by atoms with Crippen LogP contribution in [0.1, 0.15) is 18.7 Å². The number of pyridine rings is 1. The summed E-state index contributed by atoms with van der Waals surface area (Å²) >= 11 is 0. The van der Waals surface area contributed by atoms with Gasteiger partial charge < -0.3 is 9.84 Å². The maximum atomic E-state index is 9.59. The number of aliphatic hydroxyl groups is 1. The topological polar surface area (TPSA) is 42.4 Å². The van der Waals surface area contributed by atoms with Crippen LogP contribution in [0.3, 0.4) is 0 Å². The smallest absolute Gasteiger partial charge is 0.163 e. The molecule has 0 saturated heterocycles. The number of nitrogens with zero attached hydrogens (tertiary/aromatic N) is 1. The Morgan fingerprint density at radius 2 is 2.38 bits per heavy atom. The van der Waals surface area contributed by atoms with Crippen molar-refractivity contribution in [2.24, 2.45) is 0 Å². The first-order valence-electron chi connectivity index (χ1n) is 4.43. The van der Waals surface area contributed by atoms with E-state index in [0.717, 1.165) is 5.59 Å². The van der Waals surface area contributed by atoms with Gasteiger partial charge in [-0.2, -0.15) is 0 Å². The quantitative estimate of drug-likeness (QED) is 0.628. The van der Waals surface area contributed by atoms with E-state index < -0.39 is 6.10 Å². The lowest BCUT2D eigenvalue weighted by atomic mass is 10.0. The first-order valence-corrected chi connectivity index (χ1v) is 4.43. The Morgan fingerprint density at radius 3 is 3.00 bits per heavy atom. The van der Waals surface area contributed by atoms with Crippen LogP contribution in [0, 0.1) is 0 Å². The highest BCUT2D eigenvalue weighted by atomic mass is 16.5. The third kappa shape index (κ3) is 3.16. The van der Waals surface area contributed by atoms with E-state index in [1.807, 2.05) is 26.9 Å². The van der Waals surface area contributed by atoms with Crippen molar-refractivity contribution in [2.75, 3.05) is 13.2 Å². The maximum Gasteiger partial charge on any atom is 0.163 e. The number of aromatic nitrogens is 1. The van der Waals surface area contributed by atoms with E-state index in [0.29, 0.717) is 18.9 Å². The van der Waals surface area contributed by atoms with Gasteiger partial charge in [-0.1, -0.05) is 12.1 Å². The predicted octanol–water partition coefficient (Wildman–Crippen LogP) is -0.590. The summed E-state index contributed by atoms with van der Waals surface area (Å²) in [5.41, 5.74) is 1.58. The van der Waals surface area contributed by atoms with Gasteiger partial charge in [0.1, 0.15) is 6.10 Å². The Kier molecular flexibility index (Phi) is 3.92. The molecule has 4 heteroatoms. The molecule has 0 radical (unpaired) electrons. The number of ether oxygens (including phenoxy) is 1. The van der Waals surface area contributed by atoms with Crippen LogP contribution in [0.2, 0.25) is 0 Å². The molecule has 1 N–H and O–H groups in total. The van der Waals surface area contributed by atoms with E-state index in [9.17, 15) is 5.11 Å². The van der Waals surface area contributed by atoms with Gasteiger partial charge in [-0.05, 0) is 18.6 Å². The minimum absolute atomic E-state index is 0.312. The lowest BCUT2D eigenvalue weighted by Gasteiger charge is -2.09. The molecule has 0 aliphatic heterocycles. The van der Waals surface area contributed by atoms with Crippen molar-refractivity contribution in [1.82, 2.24) is 4.98 Å². The Bertz CT molecular complexity index is 268. The van der Waals surface area contributed by atoms with E-state index in [1.54, 1.807) is 6.07 Å². The lowest BCUT2D eigenvalue weighted by Crippen LogP contribution is -2.15. The summed E-state index contributed by atoms with van der Waals surface area (Å²) in [5, 5.41) is 9.59. The van der Waals surface area contributed by atoms with Gasteiger partial charge in [0.05, 0.1) is 12.3 Å². The third-order valence-corrected chi connectivity index (χ3v) is 1.73. The molecule has 3 nitrogen and oxygen atoms in total. The first-order chi connectivity index (χ1) is 6.24. The summed E-state index contributed by atoms with van der Waals surface area (Å²) in [6, 6.07) is 5.58. The molecule has 1 atom stereocenters. The average Bonchev–Trinajstić information content (AvgIpc) is 2.14. The molecule has 0 spiro atoms. The van der Waals surface area contributed by atoms with Gasteiger partial charge in [-0.3, -0.25) is 4.98 Å². The van der Waals surface area contributed by atoms with Gasteiger partial charge in [0.25, 0.3) is 0 Å². The van der Waals surface area contributed by atoms with Crippen LogP contribution in [-0.4, -0.2) is 31.2 Å². The predicted molar refractivity (Wildman–Crippen MR) is 53.9 cm³/mol. The van der Waals surface area contributed by atoms with Crippen molar-refractivity contribution in [3.63, 3.8) is 0 Å². The fourth-order valence-electron chi connectivity index (χ4n) is 1.06. The maximum absolute atomic E-state index is 9.59. The second kappa shape index (κ2) is 4.99. The highest BCUT2D eigenvalue weighted by Crippen LogP contribution is 2.07. The van der Waals surface area contributed by atoms with Crippen LogP contribution < -0.4 is 5.59 Å². The van der Waals surface area contributed by atoms with E-state index in [1.165, 1.54) is 0 Å². The monoisotopic (exact) mass is 179 g/mol. The Hall–Kier alpha value is -0.865. The van der Waals surface area contributed by atoms with Gasteiger partial charge in [-0.15, -0.1) is 0 Å². The summed E-state index contributed by atoms with van der Waals surface area (Å²) in [7, 11) is 1.90. The number of hydrogen-bond donors (Lipinski definition) is 1. The van der Waals surface area contributed by atoms with E-state index in [4.69, 9.17) is 4.74 Å². The van der Waals surface area contributed by atoms with Crippen molar-refractivity contribution in [3.05, 3.63) is 23.9 Å². The zero-order valence-corrected chi connectivity index (χ0v) is 8.03. The summed E-state index contributed by atoms with van der Waals surface area (Å²) < 4.78 is 5.10. The minimum Gasteiger partial charge on any atom is -0.384 e. The largest absolute Gasteiger partial charge is 0.384 e. The molecule has 1 aromatic rings. The molecule has 13 heavy (non-hydrogen) atoms. The van der Waals surface area contributed by atoms with E-state index in [-0.39, 0.29) is 0 Å². The van der Waals surface area contributed by atoms with Gasteiger partial charge in [0.15, 0.2) is 7.85 Å². The van der Waals surface area contributed by atoms with Crippen molar-refractivity contribution in [2.45, 2.75) is 13.0 Å². The Morgan fingerprint density at radius 1 is 1.62 bits per heavy atom. The number of rotatable bonds is 4. The lowest BCUT2D eigenvalue weighted by molar-refractivity contribution is 0.0399. The summed E-state index contributed by atoms with van der Waals surface area (Å²) in [6.07, 6.45) is -0.611. The normalized spacial score (nSPS) is 12.8. The second-order valence-corrected chi connectivity index (χ2v) is 2.88. The molecule has 1 rings (SSSR count). The second-order valence-electron chi connectivity index (χ2n) is 2.88. The molecule has 70 valence electrons. The highest BCUT2D eigenvalue weighted by molar-refractivity contribution is 6.30. The summed E-state index contributed by atoms with van der Waals surface area (Å²) in [4.78, 5) is 4.20. The molecule has 1 aromatic heterocycles. The number of hydrogen-bond acceptors (Lipinski definition) is 3. The molecule has 1 heterocycles. The van der Waals surface area contributed by atoms with Crippen molar-refractivity contribution in [3.8, 4) is 0 Å². The fourth-order valence-corrected chi connectivity index (χ4v) is 1.06. The SMILES string of the molecule is Bc1cccc(C(O)COCC)n1. The zero-order valence-electron chi connectivity index (χ0n) is 8.03. The highest BCUT2D eigenvalue weighted by Gasteiger charge is 2.07. The van der Waals surface area contributed by atoms with Gasteiger partial charge in [0, 0.05) is 6.61 Å². The van der Waals surface area contributed by atoms with Crippen LogP contribution in [0.4, 0.5) is 0 Å². The van der Waals surface area contributed by atoms with E-state index in [2.05, 4.69) is 4.98 Å². The number of aliphatic hydroxyl groups excluding tert-OH is 1. The molecule has 0 bridgehead atoms. The molecule has 1 unspecified atom stereocenters. The van der Waals surface area contributed by atoms with Crippen molar-refractivity contribution >= 4 is 13.4 Å². The summed E-state index contributed by atoms with van der Waals surface area (Å²) in [5.74, 6) is 0. The van der Waals surface area contributed by atoms with Crippen LogP contribution in [0.25, 0.3) is 0 Å². The van der Waals surface area contributed by atoms with Gasteiger partial charge in [-0.25, -0.2) is 0 Å². The summed E-state index contributed by atoms with van der Waals surface area (Å²) in [6.45, 7) is 2.83. The van der Waals surface area contributed by atoms with Crippen LogP contribution in [0.15, 0.2) is 18.2 Å². The standard InChI is InChI=1S/C9H14BNO2/c1-2-13-6-8(12)7-4-3-5-9(10)11-7/h3-5,8,12H,2,6,10H2,1H3. The Balaban J connectivity index is 2.60. The van der Waals surface area contributed by atoms with Gasteiger partial charge in [0.2, 0.25) is 0 Å². The molecule has 0 aliphatic rings. The molecular formula is C9H14BNO2. The van der Waals surface area contributed by atoms with Gasteiger partial charge >= 0.3 is 0 Å². The van der Waals surface area contributed by atoms with Crippen LogP contribution in [0.5, 0.6) is 0 Å². The van der Waals surface area contributed by atoms with Crippen LogP contribution >= 0.6 is 0 Å². The van der Waals surface area contributed by atoms with Crippen molar-refractivity contribution in [1.29, 1.82) is 0 Å². The van der Waals surface area contributed by atoms with Crippen LogP contribution in [-0.2, 0) is 4.74 Å². The minimum atomic E-state index is -0.611. The zero-order chi connectivity index (χ0) is 9.68. The fraction of sp³-hybridized carbons (Fsp3) is 0.444. The third-order valence-electron chi connectivity index (χ3n) is 1.73. The van der Waals surface area contributed by atoms with E-state index >= 15 is 0 Å². The first kappa shape index (κ1) is 10.2. The molecule has 0 aromatic carbocycles. The molecule has 0 aliphatic carbocycles.